The molecule has 0 aliphatic carbocycles. The Bertz CT molecular complexity index is 436. The molecule has 1 unspecified atom stereocenters. The highest BCUT2D eigenvalue weighted by Gasteiger charge is 2.23. The van der Waals surface area contributed by atoms with Crippen LogP contribution in [0.15, 0.2) is 24.5 Å². The zero-order valence-electron chi connectivity index (χ0n) is 10.0. The first-order valence-corrected chi connectivity index (χ1v) is 7.55. The average molecular weight is 277 g/mol. The fraction of sp³-hybridized carbons (Fsp3) is 0.545. The van der Waals surface area contributed by atoms with Gasteiger partial charge in [0.1, 0.15) is 0 Å². The second kappa shape index (κ2) is 6.33. The minimum absolute atomic E-state index is 0.0857. The van der Waals surface area contributed by atoms with Crippen LogP contribution in [0.3, 0.4) is 0 Å². The van der Waals surface area contributed by atoms with Crippen LogP contribution in [-0.2, 0) is 10.0 Å². The molecule has 96 valence electrons. The number of alkyl halides is 1. The molecule has 0 aromatic carbocycles. The topological polar surface area (TPSA) is 50.3 Å². The van der Waals surface area contributed by atoms with Gasteiger partial charge in [0.25, 0.3) is 0 Å². The Hall–Kier alpha value is -0.650. The van der Waals surface area contributed by atoms with Gasteiger partial charge in [-0.25, -0.2) is 8.42 Å². The average Bonchev–Trinajstić information content (AvgIpc) is 2.35. The molecule has 0 N–H and O–H groups in total. The van der Waals surface area contributed by atoms with Crippen LogP contribution in [0.2, 0.25) is 0 Å². The number of halogens is 1. The van der Waals surface area contributed by atoms with Crippen LogP contribution in [0.4, 0.5) is 0 Å². The van der Waals surface area contributed by atoms with Crippen molar-refractivity contribution in [1.82, 2.24) is 9.29 Å². The van der Waals surface area contributed by atoms with Crippen molar-refractivity contribution in [3.63, 3.8) is 0 Å². The first-order valence-electron chi connectivity index (χ1n) is 5.40. The zero-order valence-corrected chi connectivity index (χ0v) is 11.6. The molecule has 0 fully saturated rings. The van der Waals surface area contributed by atoms with Crippen LogP contribution in [-0.4, -0.2) is 36.4 Å². The third-order valence-electron chi connectivity index (χ3n) is 2.71. The van der Waals surface area contributed by atoms with Gasteiger partial charge in [-0.15, -0.1) is 11.6 Å². The lowest BCUT2D eigenvalue weighted by atomic mass is 10.1. The van der Waals surface area contributed by atoms with Crippen molar-refractivity contribution in [2.24, 2.45) is 0 Å². The van der Waals surface area contributed by atoms with Gasteiger partial charge < -0.3 is 0 Å². The van der Waals surface area contributed by atoms with E-state index in [1.807, 2.05) is 19.1 Å². The zero-order chi connectivity index (χ0) is 12.9. The Morgan fingerprint density at radius 1 is 1.41 bits per heavy atom. The van der Waals surface area contributed by atoms with Crippen molar-refractivity contribution < 1.29 is 8.42 Å². The summed E-state index contributed by atoms with van der Waals surface area (Å²) in [5.41, 5.74) is 0.928. The van der Waals surface area contributed by atoms with Gasteiger partial charge in [-0.05, 0) is 31.0 Å². The van der Waals surface area contributed by atoms with Crippen molar-refractivity contribution in [2.75, 3.05) is 18.7 Å². The van der Waals surface area contributed by atoms with Gasteiger partial charge >= 0.3 is 0 Å². The summed E-state index contributed by atoms with van der Waals surface area (Å²) in [4.78, 5) is 3.91. The van der Waals surface area contributed by atoms with E-state index in [4.69, 9.17) is 11.6 Å². The van der Waals surface area contributed by atoms with Gasteiger partial charge in [0, 0.05) is 31.4 Å². The summed E-state index contributed by atoms with van der Waals surface area (Å²) in [7, 11) is -1.65. The molecule has 1 rings (SSSR count). The molecule has 6 heteroatoms. The van der Waals surface area contributed by atoms with E-state index in [1.54, 1.807) is 19.4 Å². The number of hydrogen-bond donors (Lipinski definition) is 0. The van der Waals surface area contributed by atoms with Crippen molar-refractivity contribution in [3.8, 4) is 0 Å². The van der Waals surface area contributed by atoms with Gasteiger partial charge in [0.05, 0.1) is 5.75 Å². The van der Waals surface area contributed by atoms with Crippen molar-refractivity contribution >= 4 is 21.6 Å². The third kappa shape index (κ3) is 3.94. The Morgan fingerprint density at radius 3 is 2.53 bits per heavy atom. The highest BCUT2D eigenvalue weighted by Crippen LogP contribution is 2.21. The lowest BCUT2D eigenvalue weighted by Gasteiger charge is -2.24. The van der Waals surface area contributed by atoms with Gasteiger partial charge in [-0.1, -0.05) is 0 Å². The van der Waals surface area contributed by atoms with Crippen molar-refractivity contribution in [2.45, 2.75) is 19.4 Å². The molecule has 0 aliphatic rings. The van der Waals surface area contributed by atoms with E-state index in [1.165, 1.54) is 4.31 Å². The SMILES string of the molecule is CC(c1ccncc1)N(C)S(=O)(=O)CCCCl. The quantitative estimate of drug-likeness (QED) is 0.747. The molecular formula is C11H17ClN2O2S. The molecule has 0 bridgehead atoms. The molecule has 17 heavy (non-hydrogen) atoms. The predicted octanol–water partition coefficient (Wildman–Crippen LogP) is 2.03. The molecule has 0 saturated carbocycles. The molecule has 0 amide bonds. The second-order valence-electron chi connectivity index (χ2n) is 3.83. The van der Waals surface area contributed by atoms with Gasteiger partial charge in [0.2, 0.25) is 10.0 Å². The van der Waals surface area contributed by atoms with E-state index in [0.29, 0.717) is 12.3 Å². The number of sulfonamides is 1. The van der Waals surface area contributed by atoms with E-state index < -0.39 is 10.0 Å². The summed E-state index contributed by atoms with van der Waals surface area (Å²) in [6, 6.07) is 3.44. The normalized spacial score (nSPS) is 13.9. The summed E-state index contributed by atoms with van der Waals surface area (Å²) < 4.78 is 25.3. The van der Waals surface area contributed by atoms with Gasteiger partial charge in [-0.3, -0.25) is 4.98 Å². The largest absolute Gasteiger partial charge is 0.265 e. The van der Waals surface area contributed by atoms with E-state index >= 15 is 0 Å². The smallest absolute Gasteiger partial charge is 0.214 e. The van der Waals surface area contributed by atoms with Crippen molar-refractivity contribution in [3.05, 3.63) is 30.1 Å². The Morgan fingerprint density at radius 2 is 2.00 bits per heavy atom. The van der Waals surface area contributed by atoms with Crippen LogP contribution in [0, 0.1) is 0 Å². The summed E-state index contributed by atoms with van der Waals surface area (Å²) >= 11 is 5.52. The molecule has 0 saturated heterocycles. The Labute approximate surface area is 108 Å². The summed E-state index contributed by atoms with van der Waals surface area (Å²) in [5, 5.41) is 0. The van der Waals surface area contributed by atoms with Crippen molar-refractivity contribution in [1.29, 1.82) is 0 Å². The monoisotopic (exact) mass is 276 g/mol. The Balaban J connectivity index is 2.79. The van der Waals surface area contributed by atoms with E-state index in [9.17, 15) is 8.42 Å². The maximum atomic E-state index is 12.0. The number of hydrogen-bond acceptors (Lipinski definition) is 3. The number of nitrogens with zero attached hydrogens (tertiary/aromatic N) is 2. The van der Waals surface area contributed by atoms with Crippen LogP contribution >= 0.6 is 11.6 Å². The summed E-state index contributed by atoms with van der Waals surface area (Å²) in [5.74, 6) is 0.444. The molecule has 0 radical (unpaired) electrons. The molecule has 0 aliphatic heterocycles. The van der Waals surface area contributed by atoms with Crippen LogP contribution in [0.25, 0.3) is 0 Å². The van der Waals surface area contributed by atoms with Gasteiger partial charge in [0.15, 0.2) is 0 Å². The molecule has 0 spiro atoms. The van der Waals surface area contributed by atoms with Crippen LogP contribution in [0.1, 0.15) is 24.9 Å². The number of pyridine rings is 1. The highest BCUT2D eigenvalue weighted by atomic mass is 35.5. The minimum Gasteiger partial charge on any atom is -0.265 e. The van der Waals surface area contributed by atoms with Crippen LogP contribution < -0.4 is 0 Å². The molecule has 1 heterocycles. The lowest BCUT2D eigenvalue weighted by molar-refractivity contribution is 0.398. The highest BCUT2D eigenvalue weighted by molar-refractivity contribution is 7.89. The fourth-order valence-corrected chi connectivity index (χ4v) is 3.17. The Kier molecular flexibility index (Phi) is 5.36. The predicted molar refractivity (Wildman–Crippen MR) is 69.5 cm³/mol. The van der Waals surface area contributed by atoms with Crippen LogP contribution in [0.5, 0.6) is 0 Å². The fourth-order valence-electron chi connectivity index (χ4n) is 1.47. The van der Waals surface area contributed by atoms with E-state index in [0.717, 1.165) is 5.56 Å². The summed E-state index contributed by atoms with van der Waals surface area (Å²) in [6.07, 6.45) is 3.79. The second-order valence-corrected chi connectivity index (χ2v) is 6.36. The minimum atomic E-state index is -3.24. The molecule has 1 aromatic rings. The number of rotatable bonds is 6. The molecular weight excluding hydrogens is 260 g/mol. The standard InChI is InChI=1S/C11H17ClN2O2S/c1-10(11-4-7-13-8-5-11)14(2)17(15,16)9-3-6-12/h4-5,7-8,10H,3,6,9H2,1-2H3. The molecule has 4 nitrogen and oxygen atoms in total. The molecule has 1 atom stereocenters. The maximum absolute atomic E-state index is 12.0. The third-order valence-corrected chi connectivity index (χ3v) is 4.97. The lowest BCUT2D eigenvalue weighted by Crippen LogP contribution is -2.31. The van der Waals surface area contributed by atoms with E-state index in [-0.39, 0.29) is 11.8 Å². The maximum Gasteiger partial charge on any atom is 0.214 e. The van der Waals surface area contributed by atoms with E-state index in [2.05, 4.69) is 4.98 Å². The van der Waals surface area contributed by atoms with Gasteiger partial charge in [-0.2, -0.15) is 4.31 Å². The first-order chi connectivity index (χ1) is 7.99. The number of aromatic nitrogens is 1. The summed E-state index contributed by atoms with van der Waals surface area (Å²) in [6.45, 7) is 1.85. The first kappa shape index (κ1) is 14.4. The molecule has 1 aromatic heterocycles.